The molecule has 1 rings (SSSR count). The third-order valence-electron chi connectivity index (χ3n) is 1.68. The van der Waals surface area contributed by atoms with E-state index < -0.39 is 12.5 Å². The van der Waals surface area contributed by atoms with Gasteiger partial charge in [0, 0.05) is 6.54 Å². The smallest absolute Gasteiger partial charge is 0.301 e. The van der Waals surface area contributed by atoms with Gasteiger partial charge in [-0.25, -0.2) is 4.98 Å². The fraction of sp³-hybridized carbons (Fsp3) is 0.571. The quantitative estimate of drug-likeness (QED) is 0.743. The molecule has 12 heavy (non-hydrogen) atoms. The Morgan fingerprint density at radius 2 is 2.33 bits per heavy atom. The number of hydrogen-bond donors (Lipinski definition) is 1. The van der Waals surface area contributed by atoms with Crippen molar-refractivity contribution in [2.75, 3.05) is 6.54 Å². The van der Waals surface area contributed by atoms with E-state index in [0.29, 0.717) is 6.54 Å². The van der Waals surface area contributed by atoms with Crippen LogP contribution >= 0.6 is 0 Å². The second-order valence-electron chi connectivity index (χ2n) is 2.47. The topological polar surface area (TPSA) is 43.8 Å². The molecule has 0 unspecified atom stereocenters. The maximum absolute atomic E-state index is 13.0. The number of imidazole rings is 1. The van der Waals surface area contributed by atoms with Crippen LogP contribution in [0.4, 0.5) is 8.78 Å². The zero-order valence-electron chi connectivity index (χ0n) is 6.80. The van der Waals surface area contributed by atoms with Gasteiger partial charge in [0.25, 0.3) is 0 Å². The molecule has 2 N–H and O–H groups in total. The van der Waals surface area contributed by atoms with Crippen LogP contribution in [0.3, 0.4) is 0 Å². The van der Waals surface area contributed by atoms with E-state index in [9.17, 15) is 8.78 Å². The summed E-state index contributed by atoms with van der Waals surface area (Å²) in [5, 5.41) is 0. The number of nitrogens with zero attached hydrogens (tertiary/aromatic N) is 2. The molecule has 1 heterocycles. The largest absolute Gasteiger partial charge is 0.330 e. The third kappa shape index (κ3) is 1.45. The zero-order chi connectivity index (χ0) is 9.19. The Bertz CT molecular complexity index is 257. The monoisotopic (exact) mass is 175 g/mol. The Morgan fingerprint density at radius 3 is 2.83 bits per heavy atom. The molecule has 0 radical (unpaired) electrons. The lowest BCUT2D eigenvalue weighted by Gasteiger charge is -2.14. The van der Waals surface area contributed by atoms with E-state index in [2.05, 4.69) is 4.98 Å². The Morgan fingerprint density at radius 1 is 1.67 bits per heavy atom. The molecule has 3 nitrogen and oxygen atoms in total. The maximum Gasteiger partial charge on any atom is 0.301 e. The summed E-state index contributed by atoms with van der Waals surface area (Å²) in [5.41, 5.74) is 4.81. The normalized spacial score (nSPS) is 12.0. The van der Waals surface area contributed by atoms with Crippen LogP contribution < -0.4 is 5.73 Å². The van der Waals surface area contributed by atoms with E-state index in [1.54, 1.807) is 6.92 Å². The summed E-state index contributed by atoms with van der Waals surface area (Å²) >= 11 is 0. The molecule has 1 aromatic heterocycles. The minimum Gasteiger partial charge on any atom is -0.330 e. The number of halogens is 2. The Hall–Kier alpha value is -0.970. The van der Waals surface area contributed by atoms with Crippen molar-refractivity contribution in [3.63, 3.8) is 0 Å². The van der Waals surface area contributed by atoms with Crippen molar-refractivity contribution in [2.45, 2.75) is 19.4 Å². The van der Waals surface area contributed by atoms with Gasteiger partial charge in [-0.3, -0.25) is 0 Å². The number of aryl methyl sites for hydroxylation is 1. The fourth-order valence-corrected chi connectivity index (χ4v) is 0.982. The molecule has 0 amide bonds. The summed E-state index contributed by atoms with van der Waals surface area (Å²) in [6.07, 6.45) is 2.52. The molecule has 68 valence electrons. The molecular formula is C7H11F2N3. The van der Waals surface area contributed by atoms with E-state index in [1.165, 1.54) is 10.9 Å². The molecule has 0 aliphatic carbocycles. The van der Waals surface area contributed by atoms with Gasteiger partial charge in [-0.15, -0.1) is 0 Å². The molecule has 0 bridgehead atoms. The van der Waals surface area contributed by atoms with Crippen molar-refractivity contribution in [1.29, 1.82) is 0 Å². The predicted octanol–water partition coefficient (Wildman–Crippen LogP) is 0.954. The van der Waals surface area contributed by atoms with Crippen molar-refractivity contribution in [3.05, 3.63) is 18.2 Å². The molecule has 0 saturated heterocycles. The lowest BCUT2D eigenvalue weighted by atomic mass is 10.2. The van der Waals surface area contributed by atoms with Gasteiger partial charge in [0.1, 0.15) is 5.69 Å². The molecule has 0 spiro atoms. The van der Waals surface area contributed by atoms with Gasteiger partial charge < -0.3 is 10.3 Å². The van der Waals surface area contributed by atoms with Gasteiger partial charge in [-0.05, 0) is 6.92 Å². The van der Waals surface area contributed by atoms with Crippen molar-refractivity contribution < 1.29 is 8.78 Å². The number of hydrogen-bond acceptors (Lipinski definition) is 2. The summed E-state index contributed by atoms with van der Waals surface area (Å²) in [4.78, 5) is 3.63. The molecule has 0 aliphatic heterocycles. The standard InChI is InChI=1S/C7H11F2N3/c1-2-12-5-11-3-6(12)7(8,9)4-10/h3,5H,2,4,10H2,1H3. The summed E-state index contributed by atoms with van der Waals surface area (Å²) in [7, 11) is 0. The summed E-state index contributed by atoms with van der Waals surface area (Å²) in [6.45, 7) is 1.57. The van der Waals surface area contributed by atoms with Gasteiger partial charge in [0.15, 0.2) is 0 Å². The van der Waals surface area contributed by atoms with Crippen LogP contribution in [0.25, 0.3) is 0 Å². The molecule has 5 heteroatoms. The number of nitrogens with two attached hydrogens (primary N) is 1. The maximum atomic E-state index is 13.0. The molecule has 1 aromatic rings. The van der Waals surface area contributed by atoms with E-state index in [4.69, 9.17) is 5.73 Å². The molecule has 0 atom stereocenters. The molecule has 0 saturated carbocycles. The van der Waals surface area contributed by atoms with Crippen molar-refractivity contribution in [1.82, 2.24) is 9.55 Å². The van der Waals surface area contributed by atoms with Crippen LogP contribution in [0.5, 0.6) is 0 Å². The Labute approximate surface area is 69.2 Å². The van der Waals surface area contributed by atoms with Gasteiger partial charge in [0.05, 0.1) is 19.1 Å². The lowest BCUT2D eigenvalue weighted by molar-refractivity contribution is -0.00212. The average molecular weight is 175 g/mol. The first-order valence-corrected chi connectivity index (χ1v) is 3.70. The molecular weight excluding hydrogens is 164 g/mol. The molecule has 0 aliphatic rings. The van der Waals surface area contributed by atoms with Crippen molar-refractivity contribution >= 4 is 0 Å². The Balaban J connectivity index is 3.00. The van der Waals surface area contributed by atoms with Crippen LogP contribution in [0, 0.1) is 0 Å². The van der Waals surface area contributed by atoms with Crippen LogP contribution in [0.1, 0.15) is 12.6 Å². The van der Waals surface area contributed by atoms with Crippen molar-refractivity contribution in [3.8, 4) is 0 Å². The van der Waals surface area contributed by atoms with Gasteiger partial charge in [0.2, 0.25) is 0 Å². The lowest BCUT2D eigenvalue weighted by Crippen LogP contribution is -2.27. The fourth-order valence-electron chi connectivity index (χ4n) is 0.982. The van der Waals surface area contributed by atoms with E-state index in [1.807, 2.05) is 0 Å². The molecule has 0 fully saturated rings. The van der Waals surface area contributed by atoms with Gasteiger partial charge in [-0.1, -0.05) is 0 Å². The van der Waals surface area contributed by atoms with Crippen LogP contribution in [-0.4, -0.2) is 16.1 Å². The van der Waals surface area contributed by atoms with E-state index in [0.717, 1.165) is 6.20 Å². The highest BCUT2D eigenvalue weighted by Gasteiger charge is 2.32. The number of aromatic nitrogens is 2. The highest BCUT2D eigenvalue weighted by atomic mass is 19.3. The first-order valence-electron chi connectivity index (χ1n) is 3.70. The molecule has 0 aromatic carbocycles. The summed E-state index contributed by atoms with van der Waals surface area (Å²) in [5.74, 6) is -2.97. The first kappa shape index (κ1) is 9.12. The minimum atomic E-state index is -2.97. The second-order valence-corrected chi connectivity index (χ2v) is 2.47. The summed E-state index contributed by atoms with van der Waals surface area (Å²) in [6, 6.07) is 0. The SMILES string of the molecule is CCn1cncc1C(F)(F)CN. The summed E-state index contributed by atoms with van der Waals surface area (Å²) < 4.78 is 27.3. The first-order chi connectivity index (χ1) is 5.61. The third-order valence-corrected chi connectivity index (χ3v) is 1.68. The second kappa shape index (κ2) is 3.18. The van der Waals surface area contributed by atoms with Gasteiger partial charge in [-0.2, -0.15) is 8.78 Å². The van der Waals surface area contributed by atoms with Crippen LogP contribution in [0.2, 0.25) is 0 Å². The predicted molar refractivity (Wildman–Crippen MR) is 40.8 cm³/mol. The zero-order valence-corrected chi connectivity index (χ0v) is 6.80. The highest BCUT2D eigenvalue weighted by molar-refractivity contribution is 5.07. The minimum absolute atomic E-state index is 0.118. The average Bonchev–Trinajstić information content (AvgIpc) is 2.52. The van der Waals surface area contributed by atoms with Crippen molar-refractivity contribution in [2.24, 2.45) is 5.73 Å². The van der Waals surface area contributed by atoms with E-state index >= 15 is 0 Å². The van der Waals surface area contributed by atoms with Crippen LogP contribution in [0.15, 0.2) is 12.5 Å². The Kier molecular flexibility index (Phi) is 2.42. The highest BCUT2D eigenvalue weighted by Crippen LogP contribution is 2.25. The van der Waals surface area contributed by atoms with Gasteiger partial charge >= 0.3 is 5.92 Å². The van der Waals surface area contributed by atoms with E-state index in [-0.39, 0.29) is 5.69 Å². The number of rotatable bonds is 3. The van der Waals surface area contributed by atoms with Crippen LogP contribution in [-0.2, 0) is 12.5 Å². The number of alkyl halides is 2.